The van der Waals surface area contributed by atoms with Crippen molar-refractivity contribution in [2.75, 3.05) is 40.4 Å². The van der Waals surface area contributed by atoms with E-state index in [4.69, 9.17) is 9.47 Å². The van der Waals surface area contributed by atoms with Gasteiger partial charge >= 0.3 is 0 Å². The molecule has 2 aromatic carbocycles. The van der Waals surface area contributed by atoms with Crippen LogP contribution in [-0.2, 0) is 9.59 Å². The fraction of sp³-hybridized carbons (Fsp3) is 0.407. The van der Waals surface area contributed by atoms with Crippen LogP contribution in [0.4, 0.5) is 0 Å². The Balaban J connectivity index is 2.24. The number of hydrogen-bond acceptors (Lipinski definition) is 6. The summed E-state index contributed by atoms with van der Waals surface area (Å²) >= 11 is 0. The number of aliphatic hydroxyl groups is 1. The predicted molar refractivity (Wildman–Crippen MR) is 132 cm³/mol. The van der Waals surface area contributed by atoms with Crippen LogP contribution in [0, 0.1) is 13.8 Å². The molecule has 1 aliphatic rings. The summed E-state index contributed by atoms with van der Waals surface area (Å²) in [4.78, 5) is 30.3. The van der Waals surface area contributed by atoms with E-state index in [1.165, 1.54) is 7.11 Å². The van der Waals surface area contributed by atoms with Gasteiger partial charge in [-0.25, -0.2) is 0 Å². The minimum atomic E-state index is -0.780. The predicted octanol–water partition coefficient (Wildman–Crippen LogP) is 4.08. The van der Waals surface area contributed by atoms with Crippen LogP contribution in [0.2, 0.25) is 0 Å². The van der Waals surface area contributed by atoms with Gasteiger partial charge in [-0.1, -0.05) is 38.1 Å². The average molecular weight is 467 g/mol. The number of Topliss-reactive ketones (excluding diaryl/α,β-unsaturated/α-hetero) is 1. The molecular formula is C27H34N2O5. The highest BCUT2D eigenvalue weighted by molar-refractivity contribution is 6.46. The molecule has 1 heterocycles. The monoisotopic (exact) mass is 466 g/mol. The number of aryl methyl sites for hydroxylation is 2. The molecular weight excluding hydrogens is 432 g/mol. The summed E-state index contributed by atoms with van der Waals surface area (Å²) in [6, 6.07) is 10.2. The largest absolute Gasteiger partial charge is 0.507 e. The minimum Gasteiger partial charge on any atom is -0.507 e. The van der Waals surface area contributed by atoms with Gasteiger partial charge in [0.05, 0.1) is 31.4 Å². The molecule has 182 valence electrons. The van der Waals surface area contributed by atoms with E-state index >= 15 is 0 Å². The quantitative estimate of drug-likeness (QED) is 0.341. The van der Waals surface area contributed by atoms with Crippen molar-refractivity contribution in [1.29, 1.82) is 0 Å². The summed E-state index contributed by atoms with van der Waals surface area (Å²) in [7, 11) is 3.07. The van der Waals surface area contributed by atoms with E-state index < -0.39 is 17.7 Å². The van der Waals surface area contributed by atoms with E-state index in [1.807, 2.05) is 38.1 Å². The number of para-hydroxylation sites is 1. The molecule has 0 spiro atoms. The van der Waals surface area contributed by atoms with Gasteiger partial charge in [-0.15, -0.1) is 0 Å². The maximum Gasteiger partial charge on any atom is 0.295 e. The lowest BCUT2D eigenvalue weighted by Gasteiger charge is -2.29. The van der Waals surface area contributed by atoms with Gasteiger partial charge in [0.1, 0.15) is 17.3 Å². The number of carbonyl (C=O) groups is 2. The van der Waals surface area contributed by atoms with Crippen molar-refractivity contribution in [1.82, 2.24) is 9.80 Å². The van der Waals surface area contributed by atoms with E-state index in [0.29, 0.717) is 35.7 Å². The highest BCUT2D eigenvalue weighted by atomic mass is 16.5. The zero-order valence-corrected chi connectivity index (χ0v) is 20.8. The Labute approximate surface area is 201 Å². The van der Waals surface area contributed by atoms with Crippen molar-refractivity contribution < 1.29 is 24.2 Å². The Morgan fingerprint density at radius 2 is 1.74 bits per heavy atom. The molecule has 0 bridgehead atoms. The minimum absolute atomic E-state index is 0.0392. The fourth-order valence-electron chi connectivity index (χ4n) is 4.66. The van der Waals surface area contributed by atoms with E-state index in [2.05, 4.69) is 18.7 Å². The summed E-state index contributed by atoms with van der Waals surface area (Å²) in [5.74, 6) is -0.581. The third kappa shape index (κ3) is 4.66. The van der Waals surface area contributed by atoms with Gasteiger partial charge < -0.3 is 24.4 Å². The highest BCUT2D eigenvalue weighted by Crippen LogP contribution is 2.44. The van der Waals surface area contributed by atoms with Crippen molar-refractivity contribution in [2.45, 2.75) is 33.7 Å². The number of ketones is 1. The second kappa shape index (κ2) is 10.7. The third-order valence-electron chi connectivity index (χ3n) is 6.40. The summed E-state index contributed by atoms with van der Waals surface area (Å²) in [6.07, 6.45) is 0. The lowest BCUT2D eigenvalue weighted by atomic mass is 9.93. The molecule has 1 fully saturated rings. The number of likely N-dealkylation sites (N-methyl/N-ethyl adjacent to an activating group) is 1. The lowest BCUT2D eigenvalue weighted by molar-refractivity contribution is -0.140. The van der Waals surface area contributed by atoms with Crippen molar-refractivity contribution in [2.24, 2.45) is 0 Å². The topological polar surface area (TPSA) is 79.3 Å². The Morgan fingerprint density at radius 1 is 1.06 bits per heavy atom. The number of methoxy groups -OCH3 is 2. The Morgan fingerprint density at radius 3 is 2.35 bits per heavy atom. The number of likely N-dealkylation sites (tertiary alicyclic amines) is 1. The van der Waals surface area contributed by atoms with Gasteiger partial charge in [0, 0.05) is 18.7 Å². The van der Waals surface area contributed by atoms with Crippen LogP contribution in [0.15, 0.2) is 42.0 Å². The first-order valence-corrected chi connectivity index (χ1v) is 11.6. The second-order valence-corrected chi connectivity index (χ2v) is 8.42. The molecule has 0 aliphatic carbocycles. The normalized spacial score (nSPS) is 17.5. The van der Waals surface area contributed by atoms with E-state index in [-0.39, 0.29) is 11.3 Å². The highest BCUT2D eigenvalue weighted by Gasteiger charge is 2.47. The molecule has 7 nitrogen and oxygen atoms in total. The van der Waals surface area contributed by atoms with Crippen LogP contribution in [0.5, 0.6) is 11.5 Å². The molecule has 7 heteroatoms. The molecule has 0 radical (unpaired) electrons. The Bertz CT molecular complexity index is 1100. The molecule has 2 aromatic rings. The van der Waals surface area contributed by atoms with Crippen molar-refractivity contribution in [3.05, 3.63) is 64.2 Å². The summed E-state index contributed by atoms with van der Waals surface area (Å²) < 4.78 is 11.1. The average Bonchev–Trinajstić information content (AvgIpc) is 3.08. The smallest absolute Gasteiger partial charge is 0.295 e. The molecule has 34 heavy (non-hydrogen) atoms. The van der Waals surface area contributed by atoms with Gasteiger partial charge in [0.25, 0.3) is 11.7 Å². The van der Waals surface area contributed by atoms with E-state index in [0.717, 1.165) is 24.2 Å². The standard InChI is InChI=1S/C27H34N2O5/c1-7-28(8-2)13-14-29-23(19-11-9-10-12-21(19)33-5)22(25(31)27(29)32)24(30)20-16-17(3)15-18(4)26(20)34-6/h9-12,15-16,23,30H,7-8,13-14H2,1-6H3/b24-22+. The first-order valence-electron chi connectivity index (χ1n) is 11.6. The van der Waals surface area contributed by atoms with Crippen molar-refractivity contribution >= 4 is 17.4 Å². The first-order chi connectivity index (χ1) is 16.3. The summed E-state index contributed by atoms with van der Waals surface area (Å²) in [5, 5.41) is 11.5. The van der Waals surface area contributed by atoms with Crippen molar-refractivity contribution in [3.8, 4) is 11.5 Å². The molecule has 1 atom stereocenters. The van der Waals surface area contributed by atoms with Crippen LogP contribution >= 0.6 is 0 Å². The Hall–Kier alpha value is -3.32. The maximum absolute atomic E-state index is 13.4. The van der Waals surface area contributed by atoms with Crippen LogP contribution in [-0.4, -0.2) is 67.0 Å². The van der Waals surface area contributed by atoms with Gasteiger partial charge in [0.2, 0.25) is 0 Å². The first kappa shape index (κ1) is 25.3. The molecule has 0 saturated carbocycles. The SMILES string of the molecule is CCN(CC)CCN1C(=O)C(=O)/C(=C(/O)c2cc(C)cc(C)c2OC)C1c1ccccc1OC. The van der Waals surface area contributed by atoms with Gasteiger partial charge in [-0.2, -0.15) is 0 Å². The number of carbonyl (C=O) groups excluding carboxylic acids is 2. The third-order valence-corrected chi connectivity index (χ3v) is 6.40. The van der Waals surface area contributed by atoms with Crippen LogP contribution in [0.25, 0.3) is 5.76 Å². The Kier molecular flexibility index (Phi) is 7.99. The number of amides is 1. The summed E-state index contributed by atoms with van der Waals surface area (Å²) in [5.41, 5.74) is 2.81. The number of ether oxygens (including phenoxy) is 2. The number of hydrogen-bond donors (Lipinski definition) is 1. The van der Waals surface area contributed by atoms with Gasteiger partial charge in [-0.3, -0.25) is 9.59 Å². The fourth-order valence-corrected chi connectivity index (χ4v) is 4.66. The maximum atomic E-state index is 13.4. The number of nitrogens with zero attached hydrogens (tertiary/aromatic N) is 2. The number of aliphatic hydroxyl groups excluding tert-OH is 1. The van der Waals surface area contributed by atoms with Crippen LogP contribution in [0.3, 0.4) is 0 Å². The van der Waals surface area contributed by atoms with E-state index in [9.17, 15) is 14.7 Å². The van der Waals surface area contributed by atoms with E-state index in [1.54, 1.807) is 24.1 Å². The molecule has 1 amide bonds. The zero-order valence-electron chi connectivity index (χ0n) is 20.8. The second-order valence-electron chi connectivity index (χ2n) is 8.42. The number of benzene rings is 2. The summed E-state index contributed by atoms with van der Waals surface area (Å²) in [6.45, 7) is 10.5. The van der Waals surface area contributed by atoms with Crippen molar-refractivity contribution in [3.63, 3.8) is 0 Å². The lowest BCUT2D eigenvalue weighted by Crippen LogP contribution is -2.38. The molecule has 1 saturated heterocycles. The molecule has 0 aromatic heterocycles. The molecule has 3 rings (SSSR count). The zero-order chi connectivity index (χ0) is 25.0. The number of rotatable bonds is 9. The molecule has 1 aliphatic heterocycles. The van der Waals surface area contributed by atoms with Gasteiger partial charge in [-0.05, 0) is 50.2 Å². The molecule has 1 N–H and O–H groups in total. The van der Waals surface area contributed by atoms with Crippen LogP contribution in [0.1, 0.15) is 42.1 Å². The van der Waals surface area contributed by atoms with Crippen LogP contribution < -0.4 is 9.47 Å². The van der Waals surface area contributed by atoms with Gasteiger partial charge in [0.15, 0.2) is 0 Å². The molecule has 1 unspecified atom stereocenters.